The Bertz CT molecular complexity index is 866. The molecule has 2 aromatic rings. The zero-order valence-electron chi connectivity index (χ0n) is 16.2. The molecule has 0 unspecified atom stereocenters. The summed E-state index contributed by atoms with van der Waals surface area (Å²) in [6.07, 6.45) is -1.39. The first-order chi connectivity index (χ1) is 12.2. The van der Waals surface area contributed by atoms with Gasteiger partial charge in [0.1, 0.15) is 21.9 Å². The molecule has 0 saturated heterocycles. The quantitative estimate of drug-likeness (QED) is 0.397. The van der Waals surface area contributed by atoms with Crippen molar-refractivity contribution in [3.8, 4) is 0 Å². The summed E-state index contributed by atoms with van der Waals surface area (Å²) in [4.78, 5) is 0. The second-order valence-electron chi connectivity index (χ2n) is 8.65. The number of hydrogen-bond acceptors (Lipinski definition) is 2. The SMILES string of the molecule is CC(C)(C)Cn1cc(C(=N[S@@+]([O-])C(C)(C)C)C(F)F)c2cc(F)c(Br)cc21. The number of rotatable bonds is 4. The Morgan fingerprint density at radius 2 is 1.81 bits per heavy atom. The van der Waals surface area contributed by atoms with Crippen LogP contribution in [-0.2, 0) is 17.9 Å². The molecule has 0 N–H and O–H groups in total. The van der Waals surface area contributed by atoms with Crippen LogP contribution in [0.25, 0.3) is 10.9 Å². The molecule has 0 bridgehead atoms. The fourth-order valence-corrected chi connectivity index (χ4v) is 3.53. The van der Waals surface area contributed by atoms with Crippen LogP contribution in [0.5, 0.6) is 0 Å². The van der Waals surface area contributed by atoms with Gasteiger partial charge in [-0.1, -0.05) is 25.2 Å². The van der Waals surface area contributed by atoms with E-state index in [1.54, 1.807) is 33.0 Å². The highest BCUT2D eigenvalue weighted by molar-refractivity contribution is 9.10. The highest BCUT2D eigenvalue weighted by Crippen LogP contribution is 2.32. The molecule has 0 aliphatic heterocycles. The fraction of sp³-hybridized carbons (Fsp3) is 0.526. The molecule has 1 atom stereocenters. The van der Waals surface area contributed by atoms with Crippen LogP contribution in [0.1, 0.15) is 47.1 Å². The number of fused-ring (bicyclic) bond motifs is 1. The molecule has 1 heterocycles. The lowest BCUT2D eigenvalue weighted by molar-refractivity contribution is 0.226. The highest BCUT2D eigenvalue weighted by Gasteiger charge is 2.31. The van der Waals surface area contributed by atoms with Crippen LogP contribution in [0.15, 0.2) is 27.2 Å². The van der Waals surface area contributed by atoms with E-state index < -0.39 is 34.1 Å². The predicted octanol–water partition coefficient (Wildman–Crippen LogP) is 6.11. The van der Waals surface area contributed by atoms with E-state index in [1.165, 1.54) is 6.07 Å². The van der Waals surface area contributed by atoms with Crippen LogP contribution < -0.4 is 0 Å². The Kier molecular flexibility index (Phi) is 6.44. The minimum Gasteiger partial charge on any atom is -0.591 e. The molecule has 3 nitrogen and oxygen atoms in total. The van der Waals surface area contributed by atoms with Crippen LogP contribution in [-0.4, -0.2) is 26.0 Å². The van der Waals surface area contributed by atoms with Gasteiger partial charge in [0.05, 0.1) is 9.99 Å². The van der Waals surface area contributed by atoms with Crippen molar-refractivity contribution in [3.05, 3.63) is 34.2 Å². The van der Waals surface area contributed by atoms with Crippen molar-refractivity contribution in [2.45, 2.75) is 59.3 Å². The van der Waals surface area contributed by atoms with E-state index in [-0.39, 0.29) is 15.5 Å². The Morgan fingerprint density at radius 1 is 1.22 bits per heavy atom. The molecule has 0 aliphatic carbocycles. The van der Waals surface area contributed by atoms with Gasteiger partial charge in [-0.3, -0.25) is 0 Å². The predicted molar refractivity (Wildman–Crippen MR) is 109 cm³/mol. The van der Waals surface area contributed by atoms with Crippen LogP contribution in [0.2, 0.25) is 0 Å². The summed E-state index contributed by atoms with van der Waals surface area (Å²) in [5, 5.41) is 0.324. The highest BCUT2D eigenvalue weighted by atomic mass is 79.9. The average Bonchev–Trinajstić information content (AvgIpc) is 2.79. The van der Waals surface area contributed by atoms with Gasteiger partial charge in [-0.2, -0.15) is 0 Å². The minimum atomic E-state index is -2.93. The van der Waals surface area contributed by atoms with Gasteiger partial charge >= 0.3 is 0 Å². The Labute approximate surface area is 169 Å². The minimum absolute atomic E-state index is 0.105. The van der Waals surface area contributed by atoms with E-state index in [4.69, 9.17) is 0 Å². The van der Waals surface area contributed by atoms with Crippen molar-refractivity contribution >= 4 is 43.9 Å². The summed E-state index contributed by atoms with van der Waals surface area (Å²) in [5.74, 6) is -0.553. The molecule has 0 saturated carbocycles. The summed E-state index contributed by atoms with van der Waals surface area (Å²) in [6, 6.07) is 2.79. The van der Waals surface area contributed by atoms with Crippen molar-refractivity contribution < 1.29 is 17.7 Å². The van der Waals surface area contributed by atoms with E-state index in [1.807, 2.05) is 25.3 Å². The maximum atomic E-state index is 14.1. The molecule has 2 rings (SSSR count). The van der Waals surface area contributed by atoms with E-state index >= 15 is 0 Å². The summed E-state index contributed by atoms with van der Waals surface area (Å²) >= 11 is 1.30. The lowest BCUT2D eigenvalue weighted by Crippen LogP contribution is -2.28. The van der Waals surface area contributed by atoms with Gasteiger partial charge in [0.25, 0.3) is 6.43 Å². The first kappa shape index (κ1) is 22.3. The third-order valence-electron chi connectivity index (χ3n) is 3.76. The van der Waals surface area contributed by atoms with Crippen molar-refractivity contribution in [1.82, 2.24) is 4.57 Å². The molecule has 8 heteroatoms. The number of benzene rings is 1. The molecule has 27 heavy (non-hydrogen) atoms. The molecule has 0 aliphatic rings. The Hall–Kier alpha value is -0.990. The third kappa shape index (κ3) is 5.29. The van der Waals surface area contributed by atoms with Gasteiger partial charge in [-0.25, -0.2) is 13.2 Å². The molecular formula is C19H24BrF3N2OS. The average molecular weight is 465 g/mol. The van der Waals surface area contributed by atoms with Crippen molar-refractivity contribution in [2.75, 3.05) is 0 Å². The van der Waals surface area contributed by atoms with Crippen LogP contribution in [0.4, 0.5) is 13.2 Å². The van der Waals surface area contributed by atoms with Gasteiger partial charge in [0.15, 0.2) is 5.71 Å². The van der Waals surface area contributed by atoms with Gasteiger partial charge < -0.3 is 9.12 Å². The van der Waals surface area contributed by atoms with Gasteiger partial charge in [-0.05, 0) is 54.2 Å². The smallest absolute Gasteiger partial charge is 0.285 e. The molecule has 1 aromatic carbocycles. The second kappa shape index (κ2) is 7.79. The van der Waals surface area contributed by atoms with Crippen LogP contribution >= 0.6 is 15.9 Å². The summed E-state index contributed by atoms with van der Waals surface area (Å²) < 4.78 is 59.2. The number of halogens is 4. The van der Waals surface area contributed by atoms with E-state index in [2.05, 4.69) is 20.3 Å². The van der Waals surface area contributed by atoms with Gasteiger partial charge in [-0.15, -0.1) is 0 Å². The lowest BCUT2D eigenvalue weighted by atomic mass is 9.97. The molecule has 0 radical (unpaired) electrons. The van der Waals surface area contributed by atoms with Gasteiger partial charge in [0.2, 0.25) is 0 Å². The van der Waals surface area contributed by atoms with Crippen molar-refractivity contribution in [1.29, 1.82) is 0 Å². The van der Waals surface area contributed by atoms with E-state index in [0.717, 1.165) is 0 Å². The zero-order chi connectivity index (χ0) is 20.7. The Morgan fingerprint density at radius 3 is 2.30 bits per heavy atom. The largest absolute Gasteiger partial charge is 0.591 e. The molecular weight excluding hydrogens is 441 g/mol. The van der Waals surface area contributed by atoms with E-state index in [9.17, 15) is 17.7 Å². The number of hydrogen-bond donors (Lipinski definition) is 0. The first-order valence-electron chi connectivity index (χ1n) is 8.48. The standard InChI is InChI=1S/C19H24BrF3N2OS/c1-18(2,3)10-25-9-12(11-7-14(21)13(20)8-15(11)25)16(17(22)23)24-27(26)19(4,5)6/h7-9,17H,10H2,1-6H3/t27-/m0/s1. The summed E-state index contributed by atoms with van der Waals surface area (Å²) in [5.41, 5.74) is 0.0134. The lowest BCUT2D eigenvalue weighted by Gasteiger charge is -2.20. The summed E-state index contributed by atoms with van der Waals surface area (Å²) in [7, 11) is 0. The molecule has 0 amide bonds. The number of aromatic nitrogens is 1. The number of alkyl halides is 2. The van der Waals surface area contributed by atoms with Crippen molar-refractivity contribution in [2.24, 2.45) is 9.81 Å². The maximum Gasteiger partial charge on any atom is 0.285 e. The van der Waals surface area contributed by atoms with Gasteiger partial charge in [0, 0.05) is 23.7 Å². The van der Waals surface area contributed by atoms with Crippen LogP contribution in [0.3, 0.4) is 0 Å². The Balaban J connectivity index is 2.75. The molecule has 0 fully saturated rings. The molecule has 150 valence electrons. The number of nitrogens with zero attached hydrogens (tertiary/aromatic N) is 2. The first-order valence-corrected chi connectivity index (χ1v) is 10.4. The van der Waals surface area contributed by atoms with Crippen LogP contribution in [0, 0.1) is 11.2 Å². The van der Waals surface area contributed by atoms with Crippen molar-refractivity contribution in [3.63, 3.8) is 0 Å². The third-order valence-corrected chi connectivity index (χ3v) is 5.77. The molecule has 1 aromatic heterocycles. The topological polar surface area (TPSA) is 40.3 Å². The van der Waals surface area contributed by atoms with E-state index in [0.29, 0.717) is 17.4 Å². The fourth-order valence-electron chi connectivity index (χ4n) is 2.56. The maximum absolute atomic E-state index is 14.1. The second-order valence-corrected chi connectivity index (χ2v) is 11.4. The summed E-state index contributed by atoms with van der Waals surface area (Å²) in [6.45, 7) is 11.6. The normalized spacial score (nSPS) is 15.0. The zero-order valence-corrected chi connectivity index (χ0v) is 18.6. The monoisotopic (exact) mass is 464 g/mol. The molecule has 0 spiro atoms.